The lowest BCUT2D eigenvalue weighted by Crippen LogP contribution is -2.40. The van der Waals surface area contributed by atoms with Crippen molar-refractivity contribution >= 4 is 5.91 Å². The molecule has 126 valence electrons. The average Bonchev–Trinajstić information content (AvgIpc) is 3.37. The van der Waals surface area contributed by atoms with Crippen LogP contribution in [-0.2, 0) is 22.6 Å². The average molecular weight is 325 g/mol. The first-order valence-electron chi connectivity index (χ1n) is 8.64. The van der Waals surface area contributed by atoms with E-state index in [9.17, 15) is 4.79 Å². The lowest BCUT2D eigenvalue weighted by Gasteiger charge is -2.35. The normalized spacial score (nSPS) is 20.0. The third-order valence-electron chi connectivity index (χ3n) is 5.03. The first-order chi connectivity index (χ1) is 11.8. The minimum atomic E-state index is 0.129. The molecule has 5 heteroatoms. The molecule has 5 nitrogen and oxygen atoms in total. The molecule has 2 aromatic rings. The van der Waals surface area contributed by atoms with E-state index in [-0.39, 0.29) is 11.8 Å². The highest BCUT2D eigenvalue weighted by Crippen LogP contribution is 2.37. The molecule has 4 rings (SSSR count). The number of rotatable bonds is 5. The van der Waals surface area contributed by atoms with E-state index in [1.54, 1.807) is 7.11 Å². The first kappa shape index (κ1) is 15.4. The lowest BCUT2D eigenvalue weighted by atomic mass is 9.88. The molecule has 0 spiro atoms. The Kier molecular flexibility index (Phi) is 4.10. The summed E-state index contributed by atoms with van der Waals surface area (Å²) in [7, 11) is 1.71. The quantitative estimate of drug-likeness (QED) is 0.848. The van der Waals surface area contributed by atoms with Gasteiger partial charge in [-0.1, -0.05) is 24.3 Å². The van der Waals surface area contributed by atoms with Gasteiger partial charge in [0.05, 0.1) is 12.5 Å². The maximum absolute atomic E-state index is 12.6. The van der Waals surface area contributed by atoms with E-state index in [1.165, 1.54) is 11.1 Å². The molecule has 2 aliphatic rings. The molecule has 0 N–H and O–H groups in total. The van der Waals surface area contributed by atoms with Gasteiger partial charge in [-0.25, -0.2) is 4.98 Å². The third-order valence-corrected chi connectivity index (χ3v) is 5.03. The van der Waals surface area contributed by atoms with Crippen molar-refractivity contribution in [2.75, 3.05) is 20.3 Å². The molecular formula is C19H23N3O2. The summed E-state index contributed by atoms with van der Waals surface area (Å²) < 4.78 is 7.36. The van der Waals surface area contributed by atoms with Gasteiger partial charge in [-0.2, -0.15) is 0 Å². The van der Waals surface area contributed by atoms with Crippen molar-refractivity contribution in [3.63, 3.8) is 0 Å². The summed E-state index contributed by atoms with van der Waals surface area (Å²) in [5.41, 5.74) is 2.53. The van der Waals surface area contributed by atoms with Gasteiger partial charge < -0.3 is 14.2 Å². The summed E-state index contributed by atoms with van der Waals surface area (Å²) in [6.45, 7) is 2.88. The molecule has 1 fully saturated rings. The van der Waals surface area contributed by atoms with Crippen LogP contribution < -0.4 is 0 Å². The number of hydrogen-bond donors (Lipinski definition) is 0. The topological polar surface area (TPSA) is 47.4 Å². The van der Waals surface area contributed by atoms with E-state index in [0.717, 1.165) is 38.3 Å². The van der Waals surface area contributed by atoms with Gasteiger partial charge in [-0.15, -0.1) is 0 Å². The second-order valence-electron chi connectivity index (χ2n) is 6.72. The zero-order valence-electron chi connectivity index (χ0n) is 14.0. The number of hydrogen-bond acceptors (Lipinski definition) is 3. The lowest BCUT2D eigenvalue weighted by molar-refractivity contribution is -0.133. The van der Waals surface area contributed by atoms with Crippen LogP contribution in [0.5, 0.6) is 0 Å². The fraction of sp³-hybridized carbons (Fsp3) is 0.474. The number of ether oxygens (including phenoxy) is 1. The number of nitrogens with zero attached hydrogens (tertiary/aromatic N) is 3. The molecule has 1 aromatic carbocycles. The minimum Gasteiger partial charge on any atom is -0.383 e. The summed E-state index contributed by atoms with van der Waals surface area (Å²) in [6.07, 6.45) is 5.93. The van der Waals surface area contributed by atoms with Gasteiger partial charge in [0, 0.05) is 45.1 Å². The Morgan fingerprint density at radius 2 is 2.17 bits per heavy atom. The van der Waals surface area contributed by atoms with Crippen molar-refractivity contribution in [1.82, 2.24) is 14.5 Å². The van der Waals surface area contributed by atoms with Crippen LogP contribution in [0.2, 0.25) is 0 Å². The van der Waals surface area contributed by atoms with Gasteiger partial charge in [-0.3, -0.25) is 4.79 Å². The molecule has 1 atom stereocenters. The Labute approximate surface area is 142 Å². The van der Waals surface area contributed by atoms with E-state index >= 15 is 0 Å². The summed E-state index contributed by atoms with van der Waals surface area (Å²) in [5.74, 6) is 1.71. The van der Waals surface area contributed by atoms with Gasteiger partial charge in [0.2, 0.25) is 5.91 Å². The number of aromatic nitrogens is 2. The summed E-state index contributed by atoms with van der Waals surface area (Å²) in [6, 6.07) is 8.44. The van der Waals surface area contributed by atoms with Crippen LogP contribution in [0.15, 0.2) is 36.7 Å². The maximum atomic E-state index is 12.6. The zero-order valence-corrected chi connectivity index (χ0v) is 14.0. The highest BCUT2D eigenvalue weighted by Gasteiger charge is 2.38. The second kappa shape index (κ2) is 6.40. The highest BCUT2D eigenvalue weighted by atomic mass is 16.5. The highest BCUT2D eigenvalue weighted by molar-refractivity contribution is 5.81. The van der Waals surface area contributed by atoms with Crippen molar-refractivity contribution in [3.8, 4) is 0 Å². The van der Waals surface area contributed by atoms with E-state index in [2.05, 4.69) is 33.8 Å². The Hall–Kier alpha value is -2.14. The van der Waals surface area contributed by atoms with Gasteiger partial charge >= 0.3 is 0 Å². The van der Waals surface area contributed by atoms with Gasteiger partial charge in [0.1, 0.15) is 5.82 Å². The number of benzene rings is 1. The predicted molar refractivity (Wildman–Crippen MR) is 90.5 cm³/mol. The largest absolute Gasteiger partial charge is 0.383 e. The van der Waals surface area contributed by atoms with Crippen molar-refractivity contribution < 1.29 is 9.53 Å². The molecule has 1 unspecified atom stereocenters. The van der Waals surface area contributed by atoms with Crippen LogP contribution in [0.4, 0.5) is 0 Å². The zero-order chi connectivity index (χ0) is 16.5. The van der Waals surface area contributed by atoms with Gasteiger partial charge in [0.15, 0.2) is 0 Å². The van der Waals surface area contributed by atoms with Crippen LogP contribution in [-0.4, -0.2) is 40.6 Å². The number of methoxy groups -OCH3 is 1. The van der Waals surface area contributed by atoms with Crippen molar-refractivity contribution in [2.45, 2.75) is 31.8 Å². The number of carbonyl (C=O) groups is 1. The third kappa shape index (κ3) is 2.84. The fourth-order valence-corrected chi connectivity index (χ4v) is 3.59. The molecule has 24 heavy (non-hydrogen) atoms. The van der Waals surface area contributed by atoms with E-state index in [4.69, 9.17) is 4.74 Å². The van der Waals surface area contributed by atoms with Crippen LogP contribution in [0.1, 0.15) is 35.7 Å². The molecule has 0 bridgehead atoms. The number of amides is 1. The van der Waals surface area contributed by atoms with E-state index in [1.807, 2.05) is 17.3 Å². The molecular weight excluding hydrogens is 302 g/mol. The number of fused-ring (bicyclic) bond motifs is 1. The fourth-order valence-electron chi connectivity index (χ4n) is 3.59. The number of imidazole rings is 1. The SMILES string of the molecule is COCCn1ccnc1C1CN(C(=O)C2CC2)Cc2ccccc21. The Morgan fingerprint density at radius 3 is 2.96 bits per heavy atom. The molecule has 2 heterocycles. The summed E-state index contributed by atoms with van der Waals surface area (Å²) in [4.78, 5) is 19.3. The standard InChI is InChI=1S/C19H23N3O2/c1-24-11-10-21-9-8-20-18(21)17-13-22(19(23)14-6-7-14)12-15-4-2-3-5-16(15)17/h2-5,8-9,14,17H,6-7,10-13H2,1H3. The van der Waals surface area contributed by atoms with E-state index in [0.29, 0.717) is 12.5 Å². The van der Waals surface area contributed by atoms with Gasteiger partial charge in [0.25, 0.3) is 0 Å². The van der Waals surface area contributed by atoms with Crippen LogP contribution in [0.3, 0.4) is 0 Å². The smallest absolute Gasteiger partial charge is 0.226 e. The minimum absolute atomic E-state index is 0.129. The van der Waals surface area contributed by atoms with Crippen LogP contribution in [0, 0.1) is 5.92 Å². The summed E-state index contributed by atoms with van der Waals surface area (Å²) in [5, 5.41) is 0. The van der Waals surface area contributed by atoms with Crippen LogP contribution >= 0.6 is 0 Å². The second-order valence-corrected chi connectivity index (χ2v) is 6.72. The first-order valence-corrected chi connectivity index (χ1v) is 8.64. The molecule has 1 saturated carbocycles. The Balaban J connectivity index is 1.67. The maximum Gasteiger partial charge on any atom is 0.226 e. The van der Waals surface area contributed by atoms with E-state index < -0.39 is 0 Å². The van der Waals surface area contributed by atoms with Crippen molar-refractivity contribution in [3.05, 3.63) is 53.6 Å². The van der Waals surface area contributed by atoms with Crippen molar-refractivity contribution in [1.29, 1.82) is 0 Å². The van der Waals surface area contributed by atoms with Crippen molar-refractivity contribution in [2.24, 2.45) is 5.92 Å². The number of carbonyl (C=O) groups excluding carboxylic acids is 1. The Morgan fingerprint density at radius 1 is 1.33 bits per heavy atom. The monoisotopic (exact) mass is 325 g/mol. The molecule has 1 aliphatic heterocycles. The van der Waals surface area contributed by atoms with Gasteiger partial charge in [-0.05, 0) is 24.0 Å². The molecule has 1 aliphatic carbocycles. The molecule has 1 amide bonds. The Bertz CT molecular complexity index is 736. The molecule has 0 saturated heterocycles. The molecule has 1 aromatic heterocycles. The van der Waals surface area contributed by atoms with Crippen LogP contribution in [0.25, 0.3) is 0 Å². The molecule has 0 radical (unpaired) electrons. The summed E-state index contributed by atoms with van der Waals surface area (Å²) >= 11 is 0. The predicted octanol–water partition coefficient (Wildman–Crippen LogP) is 2.41.